The first-order valence-corrected chi connectivity index (χ1v) is 12.8. The quantitative estimate of drug-likeness (QED) is 0.668. The second kappa shape index (κ2) is 9.08. The molecular weight excluding hydrogens is 452 g/mol. The summed E-state index contributed by atoms with van der Waals surface area (Å²) in [5, 5.41) is 29.7. The summed E-state index contributed by atoms with van der Waals surface area (Å²) in [6.07, 6.45) is 5.11. The van der Waals surface area contributed by atoms with Crippen LogP contribution >= 0.6 is 23.5 Å². The van der Waals surface area contributed by atoms with Gasteiger partial charge in [0.15, 0.2) is 5.82 Å². The van der Waals surface area contributed by atoms with Crippen molar-refractivity contribution in [3.63, 3.8) is 0 Å². The van der Waals surface area contributed by atoms with Gasteiger partial charge in [0, 0.05) is 16.7 Å². The van der Waals surface area contributed by atoms with Crippen molar-refractivity contribution in [2.24, 2.45) is 16.1 Å². The van der Waals surface area contributed by atoms with E-state index in [1.807, 2.05) is 37.3 Å². The molecule has 1 aromatic heterocycles. The van der Waals surface area contributed by atoms with E-state index in [1.165, 1.54) is 18.2 Å². The number of benzene rings is 1. The van der Waals surface area contributed by atoms with Crippen LogP contribution in [0.5, 0.6) is 0 Å². The van der Waals surface area contributed by atoms with Crippen molar-refractivity contribution in [3.8, 4) is 11.8 Å². The van der Waals surface area contributed by atoms with Crippen molar-refractivity contribution >= 4 is 29.4 Å². The van der Waals surface area contributed by atoms with Crippen LogP contribution in [0.4, 0.5) is 0 Å². The van der Waals surface area contributed by atoms with Gasteiger partial charge in [0.25, 0.3) is 0 Å². The van der Waals surface area contributed by atoms with Crippen molar-refractivity contribution in [2.45, 2.75) is 44.8 Å². The summed E-state index contributed by atoms with van der Waals surface area (Å²) < 4.78 is 1.72. The van der Waals surface area contributed by atoms with E-state index in [1.54, 1.807) is 16.4 Å². The van der Waals surface area contributed by atoms with E-state index in [4.69, 9.17) is 10.7 Å². The predicted molar refractivity (Wildman–Crippen MR) is 132 cm³/mol. The molecule has 1 saturated carbocycles. The Labute approximate surface area is 201 Å². The van der Waals surface area contributed by atoms with E-state index in [0.717, 1.165) is 53.2 Å². The summed E-state index contributed by atoms with van der Waals surface area (Å²) in [5.41, 5.74) is 9.87. The van der Waals surface area contributed by atoms with Crippen LogP contribution in [0.2, 0.25) is 0 Å². The molecule has 1 aliphatic carbocycles. The molecule has 0 atom stereocenters. The minimum atomic E-state index is -0.402. The monoisotopic (exact) mass is 476 g/mol. The molecule has 0 bridgehead atoms. The van der Waals surface area contributed by atoms with Crippen LogP contribution in [0.15, 0.2) is 67.6 Å². The van der Waals surface area contributed by atoms with E-state index in [-0.39, 0.29) is 0 Å². The lowest BCUT2D eigenvalue weighted by atomic mass is 9.64. The van der Waals surface area contributed by atoms with E-state index in [2.05, 4.69) is 32.3 Å². The lowest BCUT2D eigenvalue weighted by Gasteiger charge is -2.42. The number of para-hydroxylation sites is 1. The van der Waals surface area contributed by atoms with Crippen LogP contribution in [-0.2, 0) is 5.75 Å². The molecule has 0 amide bonds. The highest BCUT2D eigenvalue weighted by atomic mass is 32.2. The molecule has 1 fully saturated rings. The Morgan fingerprint density at radius 3 is 2.73 bits per heavy atom. The van der Waals surface area contributed by atoms with Crippen LogP contribution < -0.4 is 11.1 Å². The molecule has 0 radical (unpaired) electrons. The number of thioether (sulfide) groups is 2. The van der Waals surface area contributed by atoms with Gasteiger partial charge < -0.3 is 11.1 Å². The molecule has 3 N–H and O–H groups in total. The number of aliphatic imine (C=N–C) groups is 1. The third-order valence-corrected chi connectivity index (χ3v) is 8.22. The summed E-state index contributed by atoms with van der Waals surface area (Å²) in [4.78, 5) is 4.74. The minimum Gasteiger partial charge on any atom is -0.383 e. The molecular formula is C23H24N8S2. The third kappa shape index (κ3) is 3.96. The third-order valence-electron chi connectivity index (χ3n) is 6.23. The SMILES string of the molecule is CC1=CS/C(=C2\C(N)=NC(SCc3nnnn3-c3ccccc3)=C(C#N)C23CCCCC3)N1. The minimum absolute atomic E-state index is 0.402. The maximum Gasteiger partial charge on any atom is 0.166 e. The Morgan fingerprint density at radius 2 is 2.03 bits per heavy atom. The fourth-order valence-electron chi connectivity index (χ4n) is 4.75. The van der Waals surface area contributed by atoms with Gasteiger partial charge in [-0.05, 0) is 47.7 Å². The maximum atomic E-state index is 10.3. The average Bonchev–Trinajstić information content (AvgIpc) is 3.48. The van der Waals surface area contributed by atoms with Crippen LogP contribution in [0.25, 0.3) is 5.69 Å². The van der Waals surface area contributed by atoms with E-state index >= 15 is 0 Å². The zero-order valence-electron chi connectivity index (χ0n) is 18.3. The lowest BCUT2D eigenvalue weighted by molar-refractivity contribution is 0.301. The Morgan fingerprint density at radius 1 is 1.24 bits per heavy atom. The fraction of sp³-hybridized carbons (Fsp3) is 0.348. The Hall–Kier alpha value is -3.03. The second-order valence-electron chi connectivity index (χ2n) is 8.31. The molecule has 1 aromatic carbocycles. The number of hydrogen-bond acceptors (Lipinski definition) is 9. The standard InChI is InChI=1S/C23H24N8S2/c1-15-13-32-22(26-15)19-20(25)27-21(17(12-24)23(19)10-6-3-7-11-23)33-14-18-28-29-30-31(18)16-8-4-2-5-9-16/h2,4-5,8-9,13,26H,3,6-7,10-11,14H2,1H3,(H2,25,27)/b22-19+. The van der Waals surface area contributed by atoms with Crippen molar-refractivity contribution in [1.82, 2.24) is 25.5 Å². The van der Waals surface area contributed by atoms with Crippen LogP contribution in [0.1, 0.15) is 44.9 Å². The topological polar surface area (TPSA) is 118 Å². The largest absolute Gasteiger partial charge is 0.383 e. The molecule has 168 valence electrons. The van der Waals surface area contributed by atoms with Gasteiger partial charge in [-0.2, -0.15) is 9.94 Å². The number of hydrogen-bond donors (Lipinski definition) is 2. The van der Waals surface area contributed by atoms with Crippen molar-refractivity contribution in [1.29, 1.82) is 5.26 Å². The first-order chi connectivity index (χ1) is 16.1. The Balaban J connectivity index is 1.51. The van der Waals surface area contributed by atoms with Crippen molar-refractivity contribution in [2.75, 3.05) is 0 Å². The van der Waals surface area contributed by atoms with Gasteiger partial charge in [-0.25, -0.2) is 4.99 Å². The van der Waals surface area contributed by atoms with Gasteiger partial charge >= 0.3 is 0 Å². The van der Waals surface area contributed by atoms with Crippen molar-refractivity contribution in [3.05, 3.63) is 68.5 Å². The van der Waals surface area contributed by atoms with Gasteiger partial charge in [0.2, 0.25) is 0 Å². The van der Waals surface area contributed by atoms with E-state index < -0.39 is 5.41 Å². The van der Waals surface area contributed by atoms with Crippen LogP contribution in [-0.4, -0.2) is 26.0 Å². The van der Waals surface area contributed by atoms with Crippen LogP contribution in [0.3, 0.4) is 0 Å². The second-order valence-corrected chi connectivity index (χ2v) is 10.2. The number of nitrogens with zero attached hydrogens (tertiary/aromatic N) is 6. The first-order valence-electron chi connectivity index (χ1n) is 10.9. The number of nitrogens with one attached hydrogen (secondary N) is 1. The zero-order valence-corrected chi connectivity index (χ0v) is 19.9. The van der Waals surface area contributed by atoms with Crippen LogP contribution in [0, 0.1) is 16.7 Å². The van der Waals surface area contributed by atoms with Gasteiger partial charge in [0.05, 0.1) is 28.1 Å². The van der Waals surface area contributed by atoms with Gasteiger partial charge in [-0.3, -0.25) is 0 Å². The lowest BCUT2D eigenvalue weighted by Crippen LogP contribution is -2.40. The zero-order chi connectivity index (χ0) is 22.8. The summed E-state index contributed by atoms with van der Waals surface area (Å²) in [6.45, 7) is 2.03. The number of tetrazole rings is 1. The number of rotatable bonds is 4. The van der Waals surface area contributed by atoms with Gasteiger partial charge in [0.1, 0.15) is 10.9 Å². The molecule has 10 heteroatoms. The van der Waals surface area contributed by atoms with Crippen molar-refractivity contribution < 1.29 is 0 Å². The van der Waals surface area contributed by atoms with Gasteiger partial charge in [-0.15, -0.1) is 5.10 Å². The molecule has 0 saturated heterocycles. The molecule has 8 nitrogen and oxygen atoms in total. The number of allylic oxidation sites excluding steroid dienone is 2. The number of aromatic nitrogens is 4. The molecule has 0 unspecified atom stereocenters. The average molecular weight is 477 g/mol. The smallest absolute Gasteiger partial charge is 0.166 e. The molecule has 2 aromatic rings. The Kier molecular flexibility index (Phi) is 6.00. The molecule has 1 spiro atoms. The molecule has 3 heterocycles. The fourth-order valence-corrected chi connectivity index (χ4v) is 6.73. The summed E-state index contributed by atoms with van der Waals surface area (Å²) in [6, 6.07) is 12.3. The summed E-state index contributed by atoms with van der Waals surface area (Å²) in [7, 11) is 0. The number of nitriles is 1. The highest BCUT2D eigenvalue weighted by Gasteiger charge is 2.47. The van der Waals surface area contributed by atoms with E-state index in [9.17, 15) is 5.26 Å². The normalized spacial score (nSPS) is 22.1. The Bertz CT molecular complexity index is 1230. The molecule has 2 aliphatic heterocycles. The highest BCUT2D eigenvalue weighted by molar-refractivity contribution is 8.06. The predicted octanol–water partition coefficient (Wildman–Crippen LogP) is 4.36. The van der Waals surface area contributed by atoms with Gasteiger partial charge in [-0.1, -0.05) is 61.0 Å². The summed E-state index contributed by atoms with van der Waals surface area (Å²) in [5.74, 6) is 1.67. The number of amidine groups is 1. The number of nitrogens with two attached hydrogens (primary N) is 1. The summed E-state index contributed by atoms with van der Waals surface area (Å²) >= 11 is 3.11. The highest BCUT2D eigenvalue weighted by Crippen LogP contribution is 2.54. The molecule has 3 aliphatic rings. The molecule has 33 heavy (non-hydrogen) atoms. The maximum absolute atomic E-state index is 10.3. The first kappa shape index (κ1) is 21.8. The van der Waals surface area contributed by atoms with E-state index in [0.29, 0.717) is 22.4 Å². The molecule has 5 rings (SSSR count).